The van der Waals surface area contributed by atoms with Crippen molar-refractivity contribution in [1.82, 2.24) is 0 Å². The van der Waals surface area contributed by atoms with Gasteiger partial charge in [-0.3, -0.25) is 4.79 Å². The Kier molecular flexibility index (Phi) is 6.38. The van der Waals surface area contributed by atoms with Gasteiger partial charge in [0.05, 0.1) is 6.10 Å². The molecule has 1 rings (SSSR count). The number of hydrogen-bond donors (Lipinski definition) is 1. The van der Waals surface area contributed by atoms with Gasteiger partial charge >= 0.3 is 5.97 Å². The molecule has 1 aliphatic rings. The van der Waals surface area contributed by atoms with E-state index in [0.717, 1.165) is 12.8 Å². The van der Waals surface area contributed by atoms with Gasteiger partial charge in [-0.1, -0.05) is 45.2 Å². The Balaban J connectivity index is 2.88. The minimum atomic E-state index is -1.61. The molecule has 1 heterocycles. The van der Waals surface area contributed by atoms with E-state index in [1.54, 1.807) is 0 Å². The molecule has 0 unspecified atom stereocenters. The van der Waals surface area contributed by atoms with Gasteiger partial charge in [-0.2, -0.15) is 0 Å². The van der Waals surface area contributed by atoms with Crippen molar-refractivity contribution in [2.24, 2.45) is 0 Å². The van der Waals surface area contributed by atoms with Crippen LogP contribution in [0.2, 0.25) is 0 Å². The summed E-state index contributed by atoms with van der Waals surface area (Å²) in [5, 5.41) is 9.62. The van der Waals surface area contributed by atoms with Crippen molar-refractivity contribution in [3.05, 3.63) is 0 Å². The lowest BCUT2D eigenvalue weighted by molar-refractivity contribution is -0.260. The highest BCUT2D eigenvalue weighted by Crippen LogP contribution is 2.41. The van der Waals surface area contributed by atoms with Crippen LogP contribution < -0.4 is 0 Å². The number of rotatable bonds is 4. The van der Waals surface area contributed by atoms with Crippen LogP contribution in [0.15, 0.2) is 0 Å². The molecule has 7 heteroatoms. The maximum absolute atomic E-state index is 11.1. The molecule has 0 aliphatic carbocycles. The summed E-state index contributed by atoms with van der Waals surface area (Å²) < 4.78 is 10.3. The number of alkyl halides is 3. The molecule has 0 aromatic carbocycles. The van der Waals surface area contributed by atoms with Crippen LogP contribution in [0.3, 0.4) is 0 Å². The second kappa shape index (κ2) is 6.88. The van der Waals surface area contributed by atoms with E-state index in [-0.39, 0.29) is 6.10 Å². The first-order valence-corrected chi connectivity index (χ1v) is 8.07. The fourth-order valence-electron chi connectivity index (χ4n) is 2.02. The van der Waals surface area contributed by atoms with Crippen LogP contribution in [-0.4, -0.2) is 38.2 Å². The molecule has 0 aromatic heterocycles. The summed E-state index contributed by atoms with van der Waals surface area (Å²) in [4.78, 5) is 11.1. The summed E-state index contributed by atoms with van der Waals surface area (Å²) in [5.41, 5.74) is 0. The van der Waals surface area contributed by atoms with Crippen LogP contribution in [0.25, 0.3) is 0 Å². The second-order valence-corrected chi connectivity index (χ2v) is 7.90. The summed E-state index contributed by atoms with van der Waals surface area (Å²) in [6, 6.07) is 0. The topological polar surface area (TPSA) is 55.8 Å². The summed E-state index contributed by atoms with van der Waals surface area (Å²) in [5.74, 6) is -2.02. The first-order valence-electron chi connectivity index (χ1n) is 5.80. The second-order valence-electron chi connectivity index (χ2n) is 4.37. The van der Waals surface area contributed by atoms with E-state index in [2.05, 4.69) is 31.9 Å². The van der Waals surface area contributed by atoms with Gasteiger partial charge in [0.15, 0.2) is 0 Å². The maximum Gasteiger partial charge on any atom is 0.302 e. The third-order valence-corrected chi connectivity index (χ3v) is 4.72. The third kappa shape index (κ3) is 3.82. The van der Waals surface area contributed by atoms with Crippen LogP contribution in [0, 0.1) is 0 Å². The molecule has 4 atom stereocenters. The fourth-order valence-corrected chi connectivity index (χ4v) is 3.44. The Labute approximate surface area is 129 Å². The molecule has 0 amide bonds. The van der Waals surface area contributed by atoms with Gasteiger partial charge in [0.25, 0.3) is 0 Å². The van der Waals surface area contributed by atoms with E-state index in [1.165, 1.54) is 6.92 Å². The Hall–Kier alpha value is 0.640. The minimum absolute atomic E-state index is 0.183. The average Bonchev–Trinajstić information content (AvgIpc) is 2.24. The van der Waals surface area contributed by atoms with E-state index < -0.39 is 27.0 Å². The number of carbonyl (C=O) groups excluding carboxylic acids is 1. The minimum Gasteiger partial charge on any atom is -0.461 e. The van der Waals surface area contributed by atoms with Gasteiger partial charge in [0.1, 0.15) is 15.2 Å². The predicted molar refractivity (Wildman–Crippen MR) is 76.2 cm³/mol. The van der Waals surface area contributed by atoms with Gasteiger partial charge in [-0.05, 0) is 6.42 Å². The summed E-state index contributed by atoms with van der Waals surface area (Å²) in [6.07, 6.45) is 1.44. The van der Waals surface area contributed by atoms with Gasteiger partial charge in [-0.15, -0.1) is 11.6 Å². The molecule has 0 saturated carbocycles. The fraction of sp³-hybridized carbons (Fsp3) is 0.909. The van der Waals surface area contributed by atoms with Crippen LogP contribution in [0.5, 0.6) is 0 Å². The number of ether oxygens (including phenoxy) is 2. The molecule has 1 saturated heterocycles. The van der Waals surface area contributed by atoms with Gasteiger partial charge in [-0.25, -0.2) is 0 Å². The number of esters is 1. The lowest BCUT2D eigenvalue weighted by Crippen LogP contribution is -2.59. The van der Waals surface area contributed by atoms with Gasteiger partial charge < -0.3 is 14.6 Å². The standard InChI is InChI=1S/C11H17Br2ClO4/c1-3-4-7-5-8(17-6(2)15)9(14)11(16,18-7)10(12)13/h7-10,16H,3-5H2,1-2H3/t7-,8-,9+,11-/m0/s1. The monoisotopic (exact) mass is 406 g/mol. The average molecular weight is 409 g/mol. The molecule has 0 spiro atoms. The molecule has 1 N–H and O–H groups in total. The summed E-state index contributed by atoms with van der Waals surface area (Å²) >= 11 is 12.6. The third-order valence-electron chi connectivity index (χ3n) is 2.81. The Morgan fingerprint density at radius 3 is 2.72 bits per heavy atom. The van der Waals surface area contributed by atoms with Crippen molar-refractivity contribution in [2.45, 2.75) is 60.2 Å². The zero-order valence-corrected chi connectivity index (χ0v) is 14.2. The Morgan fingerprint density at radius 2 is 2.28 bits per heavy atom. The van der Waals surface area contributed by atoms with Gasteiger partial charge in [0.2, 0.25) is 5.79 Å². The Bertz CT molecular complexity index is 303. The van der Waals surface area contributed by atoms with E-state index in [1.807, 2.05) is 6.92 Å². The zero-order chi connectivity index (χ0) is 13.9. The zero-order valence-electron chi connectivity index (χ0n) is 10.2. The van der Waals surface area contributed by atoms with E-state index in [4.69, 9.17) is 21.1 Å². The van der Waals surface area contributed by atoms with Crippen molar-refractivity contribution in [3.8, 4) is 0 Å². The van der Waals surface area contributed by atoms with Crippen LogP contribution in [-0.2, 0) is 14.3 Å². The molecule has 1 aliphatic heterocycles. The highest BCUT2D eigenvalue weighted by atomic mass is 79.9. The molecular weight excluding hydrogens is 391 g/mol. The summed E-state index contributed by atoms with van der Waals surface area (Å²) in [6.45, 7) is 3.35. The first-order chi connectivity index (χ1) is 8.31. The lowest BCUT2D eigenvalue weighted by Gasteiger charge is -2.45. The molecule has 106 valence electrons. The van der Waals surface area contributed by atoms with Crippen molar-refractivity contribution >= 4 is 49.4 Å². The number of aliphatic hydroxyl groups is 1. The van der Waals surface area contributed by atoms with Crippen molar-refractivity contribution in [2.75, 3.05) is 0 Å². The summed E-state index contributed by atoms with van der Waals surface area (Å²) in [7, 11) is 0. The lowest BCUT2D eigenvalue weighted by atomic mass is 9.96. The quantitative estimate of drug-likeness (QED) is 0.574. The molecule has 1 fully saturated rings. The molecule has 0 bridgehead atoms. The molecule has 0 aromatic rings. The smallest absolute Gasteiger partial charge is 0.302 e. The van der Waals surface area contributed by atoms with Crippen LogP contribution in [0.1, 0.15) is 33.1 Å². The molecule has 4 nitrogen and oxygen atoms in total. The largest absolute Gasteiger partial charge is 0.461 e. The van der Waals surface area contributed by atoms with E-state index in [0.29, 0.717) is 6.42 Å². The number of hydrogen-bond acceptors (Lipinski definition) is 4. The highest BCUT2D eigenvalue weighted by molar-refractivity contribution is 9.24. The van der Waals surface area contributed by atoms with Gasteiger partial charge in [0, 0.05) is 13.3 Å². The van der Waals surface area contributed by atoms with Crippen molar-refractivity contribution < 1.29 is 19.4 Å². The van der Waals surface area contributed by atoms with Crippen molar-refractivity contribution in [1.29, 1.82) is 0 Å². The maximum atomic E-state index is 11.1. The van der Waals surface area contributed by atoms with Crippen LogP contribution >= 0.6 is 43.5 Å². The first kappa shape index (κ1) is 16.7. The van der Waals surface area contributed by atoms with Crippen molar-refractivity contribution in [3.63, 3.8) is 0 Å². The Morgan fingerprint density at radius 1 is 1.67 bits per heavy atom. The molecule has 18 heavy (non-hydrogen) atoms. The normalized spacial score (nSPS) is 36.7. The van der Waals surface area contributed by atoms with Crippen LogP contribution in [0.4, 0.5) is 0 Å². The SMILES string of the molecule is CCC[C@H]1C[C@H](OC(C)=O)[C@@H](Cl)[C@@](O)(C(Br)Br)O1. The highest BCUT2D eigenvalue weighted by Gasteiger charge is 2.53. The number of carbonyl (C=O) groups is 1. The molecule has 0 radical (unpaired) electrons. The number of halogens is 3. The predicted octanol–water partition coefficient (Wildman–Crippen LogP) is 2.92. The van der Waals surface area contributed by atoms with E-state index >= 15 is 0 Å². The molecular formula is C11H17Br2ClO4. The van der Waals surface area contributed by atoms with E-state index in [9.17, 15) is 9.90 Å².